The number of benzene rings is 1. The molecule has 1 saturated heterocycles. The highest BCUT2D eigenvalue weighted by atomic mass is 32.1. The summed E-state index contributed by atoms with van der Waals surface area (Å²) in [5, 5.41) is 5.59. The Bertz CT molecular complexity index is 633. The molecular formula is C16H19N3OS. The lowest BCUT2D eigenvalue weighted by atomic mass is 10.2. The molecule has 1 aromatic carbocycles. The third-order valence-electron chi connectivity index (χ3n) is 3.53. The van der Waals surface area contributed by atoms with Crippen molar-refractivity contribution in [2.45, 2.75) is 19.9 Å². The molecule has 1 N–H and O–H groups in total. The zero-order chi connectivity index (χ0) is 14.7. The number of ether oxygens (including phenoxy) is 1. The zero-order valence-corrected chi connectivity index (χ0v) is 13.1. The van der Waals surface area contributed by atoms with Crippen LogP contribution in [0.25, 0.3) is 0 Å². The zero-order valence-electron chi connectivity index (χ0n) is 12.3. The molecule has 2 aromatic rings. The van der Waals surface area contributed by atoms with Gasteiger partial charge in [0, 0.05) is 13.0 Å². The van der Waals surface area contributed by atoms with Crippen LogP contribution in [0.5, 0.6) is 5.75 Å². The van der Waals surface area contributed by atoms with E-state index in [2.05, 4.69) is 45.9 Å². The molecular weight excluding hydrogens is 282 g/mol. The molecule has 0 aliphatic carbocycles. The van der Waals surface area contributed by atoms with Gasteiger partial charge < -0.3 is 4.74 Å². The van der Waals surface area contributed by atoms with Gasteiger partial charge >= 0.3 is 0 Å². The van der Waals surface area contributed by atoms with E-state index < -0.39 is 0 Å². The molecule has 1 fully saturated rings. The largest absolute Gasteiger partial charge is 0.497 e. The summed E-state index contributed by atoms with van der Waals surface area (Å²) in [4.78, 5) is 4.67. The van der Waals surface area contributed by atoms with Crippen LogP contribution in [0.3, 0.4) is 0 Å². The third-order valence-corrected chi connectivity index (χ3v) is 4.57. The molecule has 3 rings (SSSR count). The molecule has 1 aliphatic heterocycles. The highest BCUT2D eigenvalue weighted by Gasteiger charge is 2.19. The number of methoxy groups -OCH3 is 1. The Morgan fingerprint density at radius 1 is 1.29 bits per heavy atom. The predicted octanol–water partition coefficient (Wildman–Crippen LogP) is 3.38. The third kappa shape index (κ3) is 3.19. The van der Waals surface area contributed by atoms with Crippen molar-refractivity contribution in [3.63, 3.8) is 0 Å². The van der Waals surface area contributed by atoms with Gasteiger partial charge in [0.2, 0.25) is 0 Å². The number of hydrogen-bond acceptors (Lipinski definition) is 4. The molecule has 110 valence electrons. The number of nitrogens with zero attached hydrogens (tertiary/aromatic N) is 2. The Kier molecular flexibility index (Phi) is 4.10. The van der Waals surface area contributed by atoms with Crippen LogP contribution in [0.15, 0.2) is 40.7 Å². The van der Waals surface area contributed by atoms with E-state index in [4.69, 9.17) is 4.74 Å². The number of aliphatic imine (C=N–C) groups is 1. The smallest absolute Gasteiger partial charge is 0.118 e. The summed E-state index contributed by atoms with van der Waals surface area (Å²) in [6.07, 6.45) is 0.966. The minimum atomic E-state index is 0.698. The molecule has 5 heteroatoms. The van der Waals surface area contributed by atoms with Gasteiger partial charge in [-0.15, -0.1) is 11.3 Å². The standard InChI is InChI=1S/C16H19N3OS/c1-12-8-10-21-16(12)19-9-7-15(18-19)17-11-13-3-5-14(20-2)6-4-13/h3-6,8,10H,7,9,11H2,1-2H3,(H,17,18). The van der Waals surface area contributed by atoms with Crippen LogP contribution in [-0.4, -0.2) is 19.5 Å². The quantitative estimate of drug-likeness (QED) is 0.940. The van der Waals surface area contributed by atoms with E-state index in [0.29, 0.717) is 6.54 Å². The van der Waals surface area contributed by atoms with Crippen LogP contribution >= 0.6 is 11.3 Å². The van der Waals surface area contributed by atoms with E-state index >= 15 is 0 Å². The number of anilines is 1. The highest BCUT2D eigenvalue weighted by Crippen LogP contribution is 2.27. The number of nitrogens with one attached hydrogen (secondary N) is 1. The van der Waals surface area contributed by atoms with Crippen LogP contribution < -0.4 is 15.2 Å². The van der Waals surface area contributed by atoms with Crippen LogP contribution in [0, 0.1) is 6.92 Å². The highest BCUT2D eigenvalue weighted by molar-refractivity contribution is 7.14. The summed E-state index contributed by atoms with van der Waals surface area (Å²) >= 11 is 1.76. The predicted molar refractivity (Wildman–Crippen MR) is 88.3 cm³/mol. The van der Waals surface area contributed by atoms with E-state index in [9.17, 15) is 0 Å². The Labute approximate surface area is 129 Å². The molecule has 0 atom stereocenters. The van der Waals surface area contributed by atoms with Gasteiger partial charge in [-0.2, -0.15) is 0 Å². The van der Waals surface area contributed by atoms with Gasteiger partial charge in [-0.25, -0.2) is 0 Å². The average Bonchev–Trinajstić information content (AvgIpc) is 3.14. The molecule has 0 amide bonds. The summed E-state index contributed by atoms with van der Waals surface area (Å²) in [6.45, 7) is 3.81. The van der Waals surface area contributed by atoms with E-state index in [1.807, 2.05) is 12.1 Å². The summed E-state index contributed by atoms with van der Waals surface area (Å²) < 4.78 is 5.16. The SMILES string of the molecule is COc1ccc(CN=C2CCN(c3sccc3C)N2)cc1. The molecule has 0 radical (unpaired) electrons. The molecule has 21 heavy (non-hydrogen) atoms. The fourth-order valence-electron chi connectivity index (χ4n) is 2.31. The minimum absolute atomic E-state index is 0.698. The maximum absolute atomic E-state index is 5.16. The van der Waals surface area contributed by atoms with Gasteiger partial charge in [-0.05, 0) is 41.6 Å². The topological polar surface area (TPSA) is 36.9 Å². The number of rotatable bonds is 4. The lowest BCUT2D eigenvalue weighted by Gasteiger charge is -2.16. The first-order valence-electron chi connectivity index (χ1n) is 7.01. The van der Waals surface area contributed by atoms with E-state index in [-0.39, 0.29) is 0 Å². The van der Waals surface area contributed by atoms with Crippen LogP contribution in [0.1, 0.15) is 17.5 Å². The van der Waals surface area contributed by atoms with Gasteiger partial charge in [0.15, 0.2) is 0 Å². The number of amidine groups is 1. The molecule has 1 aromatic heterocycles. The lowest BCUT2D eigenvalue weighted by Crippen LogP contribution is -2.32. The number of hydrogen-bond donors (Lipinski definition) is 1. The Balaban J connectivity index is 1.61. The van der Waals surface area contributed by atoms with Gasteiger partial charge in [-0.1, -0.05) is 12.1 Å². The molecule has 0 bridgehead atoms. The van der Waals surface area contributed by atoms with Crippen molar-refractivity contribution in [1.29, 1.82) is 0 Å². The normalized spacial score (nSPS) is 16.3. The van der Waals surface area contributed by atoms with Crippen molar-refractivity contribution >= 4 is 22.2 Å². The van der Waals surface area contributed by atoms with E-state index in [1.165, 1.54) is 16.1 Å². The van der Waals surface area contributed by atoms with E-state index in [0.717, 1.165) is 24.6 Å². The summed E-state index contributed by atoms with van der Waals surface area (Å²) in [5.74, 6) is 1.93. The second-order valence-electron chi connectivity index (χ2n) is 5.03. The molecule has 2 heterocycles. The number of aryl methyl sites for hydroxylation is 1. The second-order valence-corrected chi connectivity index (χ2v) is 5.93. The molecule has 1 aliphatic rings. The van der Waals surface area contributed by atoms with Crippen molar-refractivity contribution in [2.75, 3.05) is 18.7 Å². The monoisotopic (exact) mass is 301 g/mol. The molecule has 4 nitrogen and oxygen atoms in total. The molecule has 0 saturated carbocycles. The molecule has 0 spiro atoms. The van der Waals surface area contributed by atoms with Crippen molar-refractivity contribution in [3.8, 4) is 5.75 Å². The Morgan fingerprint density at radius 3 is 2.76 bits per heavy atom. The maximum atomic E-state index is 5.16. The van der Waals surface area contributed by atoms with E-state index in [1.54, 1.807) is 18.4 Å². The number of thiophene rings is 1. The minimum Gasteiger partial charge on any atom is -0.497 e. The number of hydrazine groups is 1. The van der Waals surface area contributed by atoms with Gasteiger partial charge in [-0.3, -0.25) is 15.4 Å². The molecule has 0 unspecified atom stereocenters. The summed E-state index contributed by atoms with van der Waals surface area (Å²) in [7, 11) is 1.68. The fourth-order valence-corrected chi connectivity index (χ4v) is 3.23. The van der Waals surface area contributed by atoms with Crippen LogP contribution in [0.2, 0.25) is 0 Å². The van der Waals surface area contributed by atoms with Crippen molar-refractivity contribution in [3.05, 3.63) is 46.8 Å². The fraction of sp³-hybridized carbons (Fsp3) is 0.312. The first kappa shape index (κ1) is 13.9. The van der Waals surface area contributed by atoms with Crippen molar-refractivity contribution < 1.29 is 4.74 Å². The van der Waals surface area contributed by atoms with Crippen LogP contribution in [0.4, 0.5) is 5.00 Å². The maximum Gasteiger partial charge on any atom is 0.118 e. The van der Waals surface area contributed by atoms with Gasteiger partial charge in [0.25, 0.3) is 0 Å². The van der Waals surface area contributed by atoms with Crippen molar-refractivity contribution in [1.82, 2.24) is 5.43 Å². The second kappa shape index (κ2) is 6.18. The van der Waals surface area contributed by atoms with Gasteiger partial charge in [0.05, 0.1) is 13.7 Å². The summed E-state index contributed by atoms with van der Waals surface area (Å²) in [6, 6.07) is 10.2. The lowest BCUT2D eigenvalue weighted by molar-refractivity contribution is 0.414. The average molecular weight is 301 g/mol. The summed E-state index contributed by atoms with van der Waals surface area (Å²) in [5.41, 5.74) is 5.90. The van der Waals surface area contributed by atoms with Crippen molar-refractivity contribution in [2.24, 2.45) is 4.99 Å². The first-order chi connectivity index (χ1) is 10.3. The van der Waals surface area contributed by atoms with Crippen LogP contribution in [-0.2, 0) is 6.54 Å². The van der Waals surface area contributed by atoms with Gasteiger partial charge in [0.1, 0.15) is 16.6 Å². The Hall–Kier alpha value is -2.01. The first-order valence-corrected chi connectivity index (χ1v) is 7.89. The Morgan fingerprint density at radius 2 is 2.10 bits per heavy atom.